The molecule has 0 aromatic heterocycles. The van der Waals surface area contributed by atoms with Gasteiger partial charge in [-0.1, -0.05) is 32.3 Å². The largest absolute Gasteiger partial charge is 0.350 e. The van der Waals surface area contributed by atoms with Gasteiger partial charge in [-0.2, -0.15) is 0 Å². The highest BCUT2D eigenvalue weighted by atomic mass is 16.6. The third-order valence-electron chi connectivity index (χ3n) is 3.36. The maximum absolute atomic E-state index is 12.1. The lowest BCUT2D eigenvalue weighted by molar-refractivity contribution is -0.385. The van der Waals surface area contributed by atoms with E-state index in [2.05, 4.69) is 12.2 Å². The van der Waals surface area contributed by atoms with Crippen LogP contribution in [0, 0.1) is 17.0 Å². The van der Waals surface area contributed by atoms with Crippen LogP contribution in [0.15, 0.2) is 18.2 Å². The number of rotatable bonds is 7. The van der Waals surface area contributed by atoms with Gasteiger partial charge in [0, 0.05) is 23.2 Å². The van der Waals surface area contributed by atoms with Crippen molar-refractivity contribution in [3.8, 4) is 0 Å². The Labute approximate surface area is 119 Å². The van der Waals surface area contributed by atoms with Crippen LogP contribution in [-0.2, 0) is 0 Å². The number of hydrogen-bond acceptors (Lipinski definition) is 3. The van der Waals surface area contributed by atoms with Crippen LogP contribution < -0.4 is 5.32 Å². The SMILES string of the molecule is CCCCC[C@H](C)NC(=O)c1cccc([N+](=O)[O-])c1C. The van der Waals surface area contributed by atoms with Gasteiger partial charge < -0.3 is 5.32 Å². The molecule has 5 heteroatoms. The summed E-state index contributed by atoms with van der Waals surface area (Å²) in [5.41, 5.74) is 0.772. The molecule has 0 spiro atoms. The van der Waals surface area contributed by atoms with E-state index in [9.17, 15) is 14.9 Å². The maximum atomic E-state index is 12.1. The summed E-state index contributed by atoms with van der Waals surface area (Å²) >= 11 is 0. The van der Waals surface area contributed by atoms with Gasteiger partial charge in [0.1, 0.15) is 0 Å². The highest BCUT2D eigenvalue weighted by Crippen LogP contribution is 2.21. The van der Waals surface area contributed by atoms with Crippen molar-refractivity contribution >= 4 is 11.6 Å². The molecule has 0 aliphatic rings. The Hall–Kier alpha value is -1.91. The molecule has 1 rings (SSSR count). The number of amides is 1. The van der Waals surface area contributed by atoms with Gasteiger partial charge in [-0.05, 0) is 26.3 Å². The number of nitrogens with one attached hydrogen (secondary N) is 1. The van der Waals surface area contributed by atoms with Crippen LogP contribution in [0.4, 0.5) is 5.69 Å². The number of nitrogens with zero attached hydrogens (tertiary/aromatic N) is 1. The van der Waals surface area contributed by atoms with Gasteiger partial charge in [-0.25, -0.2) is 0 Å². The zero-order valence-corrected chi connectivity index (χ0v) is 12.3. The van der Waals surface area contributed by atoms with Crippen LogP contribution >= 0.6 is 0 Å². The first-order valence-corrected chi connectivity index (χ1v) is 7.02. The Bertz CT molecular complexity index is 486. The molecule has 5 nitrogen and oxygen atoms in total. The molecule has 1 amide bonds. The van der Waals surface area contributed by atoms with Crippen LogP contribution in [0.25, 0.3) is 0 Å². The summed E-state index contributed by atoms with van der Waals surface area (Å²) in [5, 5.41) is 13.8. The minimum atomic E-state index is -0.462. The summed E-state index contributed by atoms with van der Waals surface area (Å²) < 4.78 is 0. The summed E-state index contributed by atoms with van der Waals surface area (Å²) in [5.74, 6) is -0.241. The van der Waals surface area contributed by atoms with E-state index in [0.717, 1.165) is 25.7 Å². The Kier molecular flexibility index (Phi) is 6.15. The molecule has 0 heterocycles. The molecule has 110 valence electrons. The maximum Gasteiger partial charge on any atom is 0.273 e. The van der Waals surface area contributed by atoms with Crippen molar-refractivity contribution in [1.82, 2.24) is 5.32 Å². The topological polar surface area (TPSA) is 72.2 Å². The molecule has 1 N–H and O–H groups in total. The molecule has 1 atom stereocenters. The van der Waals surface area contributed by atoms with Crippen molar-refractivity contribution < 1.29 is 9.72 Å². The molecule has 0 aliphatic heterocycles. The number of nitro benzene ring substituents is 1. The molecule has 0 unspecified atom stereocenters. The van der Waals surface area contributed by atoms with Crippen molar-refractivity contribution in [3.63, 3.8) is 0 Å². The summed E-state index contributed by atoms with van der Waals surface area (Å²) in [7, 11) is 0. The van der Waals surface area contributed by atoms with Gasteiger partial charge in [0.15, 0.2) is 0 Å². The molecule has 1 aromatic carbocycles. The van der Waals surface area contributed by atoms with Crippen LogP contribution in [0.2, 0.25) is 0 Å². The molecule has 20 heavy (non-hydrogen) atoms. The predicted molar refractivity (Wildman–Crippen MR) is 78.9 cm³/mol. The van der Waals surface area contributed by atoms with Crippen LogP contribution in [0.5, 0.6) is 0 Å². The second kappa shape index (κ2) is 7.62. The van der Waals surface area contributed by atoms with Crippen molar-refractivity contribution in [2.45, 2.75) is 52.5 Å². The zero-order valence-electron chi connectivity index (χ0n) is 12.3. The number of unbranched alkanes of at least 4 members (excludes halogenated alkanes) is 2. The third-order valence-corrected chi connectivity index (χ3v) is 3.36. The number of nitro groups is 1. The number of benzene rings is 1. The number of carbonyl (C=O) groups excluding carboxylic acids is 1. The Morgan fingerprint density at radius 2 is 2.10 bits per heavy atom. The molecule has 0 saturated heterocycles. The van der Waals surface area contributed by atoms with Crippen molar-refractivity contribution in [2.24, 2.45) is 0 Å². The molecule has 0 saturated carbocycles. The van der Waals surface area contributed by atoms with Crippen LogP contribution in [0.1, 0.15) is 55.5 Å². The van der Waals surface area contributed by atoms with Crippen molar-refractivity contribution in [3.05, 3.63) is 39.4 Å². The summed E-state index contributed by atoms with van der Waals surface area (Å²) in [6.45, 7) is 5.70. The minimum absolute atomic E-state index is 0.0173. The first kappa shape index (κ1) is 16.1. The highest BCUT2D eigenvalue weighted by Gasteiger charge is 2.18. The first-order valence-electron chi connectivity index (χ1n) is 7.02. The second-order valence-electron chi connectivity index (χ2n) is 5.08. The van der Waals surface area contributed by atoms with E-state index in [-0.39, 0.29) is 17.6 Å². The second-order valence-corrected chi connectivity index (χ2v) is 5.08. The molecule has 0 fully saturated rings. The molecule has 1 aromatic rings. The van der Waals surface area contributed by atoms with Gasteiger partial charge in [-0.3, -0.25) is 14.9 Å². The fraction of sp³-hybridized carbons (Fsp3) is 0.533. The first-order chi connectivity index (χ1) is 9.47. The van der Waals surface area contributed by atoms with E-state index in [1.54, 1.807) is 19.1 Å². The Morgan fingerprint density at radius 3 is 2.70 bits per heavy atom. The summed E-state index contributed by atoms with van der Waals surface area (Å²) in [6.07, 6.45) is 4.29. The smallest absolute Gasteiger partial charge is 0.273 e. The zero-order chi connectivity index (χ0) is 15.1. The highest BCUT2D eigenvalue weighted by molar-refractivity contribution is 5.96. The predicted octanol–water partition coefficient (Wildman–Crippen LogP) is 3.60. The fourth-order valence-electron chi connectivity index (χ4n) is 2.14. The lowest BCUT2D eigenvalue weighted by Gasteiger charge is -2.14. The van der Waals surface area contributed by atoms with Gasteiger partial charge >= 0.3 is 0 Å². The average molecular weight is 278 g/mol. The lowest BCUT2D eigenvalue weighted by atomic mass is 10.0. The van der Waals surface area contributed by atoms with E-state index in [1.165, 1.54) is 6.07 Å². The number of carbonyl (C=O) groups is 1. The van der Waals surface area contributed by atoms with Crippen LogP contribution in [-0.4, -0.2) is 16.9 Å². The van der Waals surface area contributed by atoms with E-state index in [4.69, 9.17) is 0 Å². The Balaban J connectivity index is 2.73. The normalized spacial score (nSPS) is 11.9. The molecule has 0 aliphatic carbocycles. The van der Waals surface area contributed by atoms with Crippen molar-refractivity contribution in [1.29, 1.82) is 0 Å². The van der Waals surface area contributed by atoms with E-state index in [1.807, 2.05) is 6.92 Å². The molecule has 0 radical (unpaired) electrons. The van der Waals surface area contributed by atoms with Gasteiger partial charge in [0.2, 0.25) is 0 Å². The third kappa shape index (κ3) is 4.33. The van der Waals surface area contributed by atoms with Crippen molar-refractivity contribution in [2.75, 3.05) is 0 Å². The van der Waals surface area contributed by atoms with Crippen LogP contribution in [0.3, 0.4) is 0 Å². The molecule has 0 bridgehead atoms. The minimum Gasteiger partial charge on any atom is -0.350 e. The average Bonchev–Trinajstić information content (AvgIpc) is 2.38. The summed E-state index contributed by atoms with van der Waals surface area (Å²) in [4.78, 5) is 22.6. The quantitative estimate of drug-likeness (QED) is 0.470. The van der Waals surface area contributed by atoms with Gasteiger partial charge in [-0.15, -0.1) is 0 Å². The van der Waals surface area contributed by atoms with Gasteiger partial charge in [0.05, 0.1) is 4.92 Å². The number of hydrogen-bond donors (Lipinski definition) is 1. The standard InChI is InChI=1S/C15H22N2O3/c1-4-5-6-8-11(2)16-15(18)13-9-7-10-14(12(13)3)17(19)20/h7,9-11H,4-6,8H2,1-3H3,(H,16,18)/t11-/m0/s1. The molecular weight excluding hydrogens is 256 g/mol. The molecular formula is C15H22N2O3. The fourth-order valence-corrected chi connectivity index (χ4v) is 2.14. The van der Waals surface area contributed by atoms with E-state index in [0.29, 0.717) is 11.1 Å². The summed E-state index contributed by atoms with van der Waals surface area (Å²) in [6, 6.07) is 4.65. The van der Waals surface area contributed by atoms with E-state index < -0.39 is 4.92 Å². The monoisotopic (exact) mass is 278 g/mol. The Morgan fingerprint density at radius 1 is 1.40 bits per heavy atom. The lowest BCUT2D eigenvalue weighted by Crippen LogP contribution is -2.33. The van der Waals surface area contributed by atoms with Gasteiger partial charge in [0.25, 0.3) is 11.6 Å². The van der Waals surface area contributed by atoms with E-state index >= 15 is 0 Å².